The monoisotopic (exact) mass is 244 g/mol. The predicted molar refractivity (Wildman–Crippen MR) is 61.9 cm³/mol. The summed E-state index contributed by atoms with van der Waals surface area (Å²) < 4.78 is 5.24. The molecule has 1 aliphatic rings. The van der Waals surface area contributed by atoms with Crippen molar-refractivity contribution in [1.29, 1.82) is 0 Å². The molecule has 0 aliphatic carbocycles. The number of amides is 2. The van der Waals surface area contributed by atoms with Crippen LogP contribution in [0.2, 0.25) is 0 Å². The van der Waals surface area contributed by atoms with Gasteiger partial charge in [-0.2, -0.15) is 0 Å². The zero-order valence-electron chi connectivity index (χ0n) is 10.4. The smallest absolute Gasteiger partial charge is 0.319 e. The Morgan fingerprint density at radius 1 is 1.29 bits per heavy atom. The topological polar surface area (TPSA) is 70.1 Å². The van der Waals surface area contributed by atoms with Crippen molar-refractivity contribution in [1.82, 2.24) is 9.80 Å². The van der Waals surface area contributed by atoms with Crippen molar-refractivity contribution in [3.8, 4) is 0 Å². The van der Waals surface area contributed by atoms with Crippen LogP contribution in [0.25, 0.3) is 0 Å². The van der Waals surface area contributed by atoms with E-state index in [1.165, 1.54) is 4.90 Å². The van der Waals surface area contributed by atoms with Crippen LogP contribution in [0.1, 0.15) is 19.3 Å². The van der Waals surface area contributed by atoms with Crippen LogP contribution < -0.4 is 0 Å². The largest absolute Gasteiger partial charge is 0.481 e. The van der Waals surface area contributed by atoms with Crippen LogP contribution in [0, 0.1) is 0 Å². The third-order valence-corrected chi connectivity index (χ3v) is 3.03. The number of hydrogen-bond acceptors (Lipinski definition) is 3. The molecule has 17 heavy (non-hydrogen) atoms. The van der Waals surface area contributed by atoms with Crippen molar-refractivity contribution in [2.24, 2.45) is 0 Å². The molecule has 98 valence electrons. The fourth-order valence-corrected chi connectivity index (χ4v) is 1.86. The van der Waals surface area contributed by atoms with Crippen LogP contribution in [0.15, 0.2) is 0 Å². The van der Waals surface area contributed by atoms with E-state index in [2.05, 4.69) is 0 Å². The van der Waals surface area contributed by atoms with Gasteiger partial charge in [-0.05, 0) is 12.8 Å². The molecular formula is C11H20N2O4. The number of rotatable bonds is 4. The first-order valence-corrected chi connectivity index (χ1v) is 5.80. The summed E-state index contributed by atoms with van der Waals surface area (Å²) in [6, 6.07) is 0.0710. The number of carbonyl (C=O) groups is 2. The molecule has 6 heteroatoms. The highest BCUT2D eigenvalue weighted by Crippen LogP contribution is 2.14. The van der Waals surface area contributed by atoms with Gasteiger partial charge in [0, 0.05) is 39.9 Å². The minimum Gasteiger partial charge on any atom is -0.481 e. The quantitative estimate of drug-likeness (QED) is 0.787. The molecule has 1 aliphatic heterocycles. The van der Waals surface area contributed by atoms with Gasteiger partial charge in [-0.25, -0.2) is 4.79 Å². The van der Waals surface area contributed by atoms with Crippen molar-refractivity contribution < 1.29 is 19.4 Å². The van der Waals surface area contributed by atoms with E-state index in [-0.39, 0.29) is 25.0 Å². The average Bonchev–Trinajstić information content (AvgIpc) is 2.35. The van der Waals surface area contributed by atoms with Crippen molar-refractivity contribution in [3.63, 3.8) is 0 Å². The molecule has 0 spiro atoms. The highest BCUT2D eigenvalue weighted by Gasteiger charge is 2.24. The van der Waals surface area contributed by atoms with E-state index in [9.17, 15) is 9.59 Å². The lowest BCUT2D eigenvalue weighted by atomic mass is 10.1. The molecule has 0 atom stereocenters. The zero-order valence-corrected chi connectivity index (χ0v) is 10.4. The molecule has 2 amide bonds. The molecule has 0 radical (unpaired) electrons. The molecule has 0 aromatic heterocycles. The Hall–Kier alpha value is -1.30. The lowest BCUT2D eigenvalue weighted by Gasteiger charge is -2.33. The highest BCUT2D eigenvalue weighted by atomic mass is 16.5. The molecule has 0 unspecified atom stereocenters. The van der Waals surface area contributed by atoms with E-state index in [4.69, 9.17) is 9.84 Å². The summed E-state index contributed by atoms with van der Waals surface area (Å²) >= 11 is 0. The fraction of sp³-hybridized carbons (Fsp3) is 0.818. The molecule has 0 aromatic rings. The van der Waals surface area contributed by atoms with Gasteiger partial charge in [0.15, 0.2) is 0 Å². The van der Waals surface area contributed by atoms with E-state index in [1.807, 2.05) is 0 Å². The van der Waals surface area contributed by atoms with Crippen molar-refractivity contribution in [3.05, 3.63) is 0 Å². The van der Waals surface area contributed by atoms with Gasteiger partial charge in [0.2, 0.25) is 0 Å². The summed E-state index contributed by atoms with van der Waals surface area (Å²) in [5, 5.41) is 8.56. The van der Waals surface area contributed by atoms with E-state index in [1.54, 1.807) is 19.0 Å². The number of aliphatic carboxylic acids is 1. The van der Waals surface area contributed by atoms with E-state index >= 15 is 0 Å². The second-order valence-corrected chi connectivity index (χ2v) is 4.30. The van der Waals surface area contributed by atoms with Crippen LogP contribution in [0.5, 0.6) is 0 Å². The van der Waals surface area contributed by atoms with Crippen LogP contribution >= 0.6 is 0 Å². The third kappa shape index (κ3) is 4.22. The van der Waals surface area contributed by atoms with E-state index in [0.717, 1.165) is 12.8 Å². The maximum absolute atomic E-state index is 12.0. The second-order valence-electron chi connectivity index (χ2n) is 4.30. The first-order chi connectivity index (χ1) is 8.02. The molecule has 0 aromatic carbocycles. The summed E-state index contributed by atoms with van der Waals surface area (Å²) in [7, 11) is 3.39. The Morgan fingerprint density at radius 2 is 1.88 bits per heavy atom. The van der Waals surface area contributed by atoms with Crippen LogP contribution in [0.3, 0.4) is 0 Å². The van der Waals surface area contributed by atoms with Crippen molar-refractivity contribution >= 4 is 12.0 Å². The van der Waals surface area contributed by atoms with Gasteiger partial charge in [0.25, 0.3) is 0 Å². The second kappa shape index (κ2) is 6.44. The molecule has 0 bridgehead atoms. The van der Waals surface area contributed by atoms with Gasteiger partial charge in [-0.3, -0.25) is 4.79 Å². The Morgan fingerprint density at radius 3 is 2.41 bits per heavy atom. The first-order valence-electron chi connectivity index (χ1n) is 5.80. The Labute approximate surface area is 101 Å². The minimum atomic E-state index is -0.890. The maximum Gasteiger partial charge on any atom is 0.319 e. The number of carboxylic acid groups (broad SMARTS) is 1. The number of carbonyl (C=O) groups excluding carboxylic acids is 1. The number of hydrogen-bond donors (Lipinski definition) is 1. The van der Waals surface area contributed by atoms with Crippen LogP contribution in [0.4, 0.5) is 4.79 Å². The lowest BCUT2D eigenvalue weighted by molar-refractivity contribution is -0.137. The SMILES string of the molecule is CN(CCC(=O)O)C(=O)N(C)C1CCOCC1. The minimum absolute atomic E-state index is 0.0240. The van der Waals surface area contributed by atoms with Gasteiger partial charge in [-0.1, -0.05) is 0 Å². The maximum atomic E-state index is 12.0. The summed E-state index contributed by atoms with van der Waals surface area (Å²) in [5.41, 5.74) is 0. The Balaban J connectivity index is 2.41. The summed E-state index contributed by atoms with van der Waals surface area (Å²) in [6.45, 7) is 1.60. The number of ether oxygens (including phenoxy) is 1. The van der Waals surface area contributed by atoms with Crippen molar-refractivity contribution in [2.45, 2.75) is 25.3 Å². The first kappa shape index (κ1) is 13.8. The van der Waals surface area contributed by atoms with Gasteiger partial charge in [0.1, 0.15) is 0 Å². The lowest BCUT2D eigenvalue weighted by Crippen LogP contribution is -2.46. The molecule has 1 rings (SSSR count). The summed E-state index contributed by atoms with van der Waals surface area (Å²) in [5.74, 6) is -0.890. The van der Waals surface area contributed by atoms with E-state index < -0.39 is 5.97 Å². The third-order valence-electron chi connectivity index (χ3n) is 3.03. The molecular weight excluding hydrogens is 224 g/mol. The number of urea groups is 1. The Kier molecular flexibility index (Phi) is 5.21. The zero-order chi connectivity index (χ0) is 12.8. The molecule has 1 fully saturated rings. The molecule has 1 heterocycles. The van der Waals surface area contributed by atoms with Crippen LogP contribution in [-0.2, 0) is 9.53 Å². The molecule has 1 saturated heterocycles. The summed E-state index contributed by atoms with van der Waals surface area (Å²) in [4.78, 5) is 25.5. The number of nitrogens with zero attached hydrogens (tertiary/aromatic N) is 2. The Bertz CT molecular complexity index is 277. The number of carboxylic acids is 1. The highest BCUT2D eigenvalue weighted by molar-refractivity contribution is 5.75. The molecule has 1 N–H and O–H groups in total. The van der Waals surface area contributed by atoms with Gasteiger partial charge in [0.05, 0.1) is 6.42 Å². The fourth-order valence-electron chi connectivity index (χ4n) is 1.86. The molecule has 6 nitrogen and oxygen atoms in total. The summed E-state index contributed by atoms with van der Waals surface area (Å²) in [6.07, 6.45) is 1.66. The van der Waals surface area contributed by atoms with Gasteiger partial charge >= 0.3 is 12.0 Å². The van der Waals surface area contributed by atoms with Gasteiger partial charge in [-0.15, -0.1) is 0 Å². The molecule has 0 saturated carbocycles. The average molecular weight is 244 g/mol. The predicted octanol–water partition coefficient (Wildman–Crippen LogP) is 0.624. The van der Waals surface area contributed by atoms with Crippen molar-refractivity contribution in [2.75, 3.05) is 33.9 Å². The standard InChI is InChI=1S/C11H20N2O4/c1-12(6-3-10(14)15)11(16)13(2)9-4-7-17-8-5-9/h9H,3-8H2,1-2H3,(H,14,15). The van der Waals surface area contributed by atoms with Crippen LogP contribution in [-0.4, -0.2) is 66.8 Å². The van der Waals surface area contributed by atoms with Gasteiger partial charge < -0.3 is 19.6 Å². The van der Waals surface area contributed by atoms with E-state index in [0.29, 0.717) is 13.2 Å². The normalized spacial score (nSPS) is 16.6.